The molecule has 3 rings (SSSR count). The molecule has 0 saturated carbocycles. The molecule has 1 saturated heterocycles. The summed E-state index contributed by atoms with van der Waals surface area (Å²) in [6, 6.07) is 11.5. The second-order valence-electron chi connectivity index (χ2n) is 5.48. The Hall–Kier alpha value is -2.25. The minimum absolute atomic E-state index is 0.146. The van der Waals surface area contributed by atoms with Crippen molar-refractivity contribution in [1.82, 2.24) is 9.96 Å². The zero-order valence-electron chi connectivity index (χ0n) is 12.7. The standard InChI is InChI=1S/C17H14BrFN2O3/c1-10-16(22)21(24)15(11-5-4-6-12(18)9-11)20(10)17(23)13-7-2-3-8-14(13)19/h2-10,15,24H,1H3/t10-,15?/m0/s1. The molecule has 2 amide bonds. The average Bonchev–Trinajstić information content (AvgIpc) is 2.79. The van der Waals surface area contributed by atoms with Crippen molar-refractivity contribution in [2.75, 3.05) is 0 Å². The van der Waals surface area contributed by atoms with Crippen LogP contribution in [0.4, 0.5) is 4.39 Å². The van der Waals surface area contributed by atoms with Crippen LogP contribution in [0.1, 0.15) is 29.0 Å². The van der Waals surface area contributed by atoms with E-state index < -0.39 is 29.8 Å². The fraction of sp³-hybridized carbons (Fsp3) is 0.176. The molecule has 0 aromatic heterocycles. The summed E-state index contributed by atoms with van der Waals surface area (Å²) in [6.45, 7) is 1.50. The number of hydrogen-bond acceptors (Lipinski definition) is 3. The zero-order chi connectivity index (χ0) is 17.4. The molecule has 1 aliphatic rings. The predicted molar refractivity (Wildman–Crippen MR) is 87.5 cm³/mol. The molecule has 0 aliphatic carbocycles. The molecule has 1 heterocycles. The first-order valence-electron chi connectivity index (χ1n) is 7.26. The van der Waals surface area contributed by atoms with Gasteiger partial charge in [-0.1, -0.05) is 40.2 Å². The molecule has 0 spiro atoms. The van der Waals surface area contributed by atoms with Gasteiger partial charge in [0.25, 0.3) is 11.8 Å². The Kier molecular flexibility index (Phi) is 4.38. The molecular weight excluding hydrogens is 379 g/mol. The van der Waals surface area contributed by atoms with Crippen LogP contribution in [0.25, 0.3) is 0 Å². The van der Waals surface area contributed by atoms with E-state index in [0.29, 0.717) is 10.6 Å². The first-order chi connectivity index (χ1) is 11.4. The van der Waals surface area contributed by atoms with Gasteiger partial charge in [0, 0.05) is 4.47 Å². The molecule has 2 aromatic carbocycles. The van der Waals surface area contributed by atoms with Crippen LogP contribution in [0.15, 0.2) is 53.0 Å². The molecule has 1 unspecified atom stereocenters. The van der Waals surface area contributed by atoms with Crippen LogP contribution in [0.5, 0.6) is 0 Å². The topological polar surface area (TPSA) is 60.9 Å². The summed E-state index contributed by atoms with van der Waals surface area (Å²) >= 11 is 3.32. The van der Waals surface area contributed by atoms with Crippen molar-refractivity contribution in [2.45, 2.75) is 19.1 Å². The lowest BCUT2D eigenvalue weighted by Gasteiger charge is -2.28. The van der Waals surface area contributed by atoms with Gasteiger partial charge in [-0.15, -0.1) is 0 Å². The summed E-state index contributed by atoms with van der Waals surface area (Å²) in [5.74, 6) is -1.95. The van der Waals surface area contributed by atoms with Gasteiger partial charge in [-0.3, -0.25) is 19.7 Å². The minimum Gasteiger partial charge on any atom is -0.300 e. The van der Waals surface area contributed by atoms with Gasteiger partial charge in [-0.05, 0) is 36.8 Å². The van der Waals surface area contributed by atoms with Gasteiger partial charge in [-0.25, -0.2) is 4.39 Å². The summed E-state index contributed by atoms with van der Waals surface area (Å²) in [5.41, 5.74) is 0.390. The molecule has 124 valence electrons. The van der Waals surface area contributed by atoms with Crippen LogP contribution < -0.4 is 0 Å². The monoisotopic (exact) mass is 392 g/mol. The van der Waals surface area contributed by atoms with Crippen molar-refractivity contribution in [3.8, 4) is 0 Å². The molecule has 7 heteroatoms. The second kappa shape index (κ2) is 6.33. The van der Waals surface area contributed by atoms with E-state index >= 15 is 0 Å². The number of benzene rings is 2. The van der Waals surface area contributed by atoms with Crippen molar-refractivity contribution in [3.05, 3.63) is 69.9 Å². The minimum atomic E-state index is -1.02. The van der Waals surface area contributed by atoms with Crippen LogP contribution in [0.3, 0.4) is 0 Å². The average molecular weight is 393 g/mol. The lowest BCUT2D eigenvalue weighted by molar-refractivity contribution is -0.169. The van der Waals surface area contributed by atoms with Gasteiger partial charge in [0.05, 0.1) is 5.56 Å². The summed E-state index contributed by atoms with van der Waals surface area (Å²) < 4.78 is 14.7. The normalized spacial score (nSPS) is 20.6. The van der Waals surface area contributed by atoms with Crippen molar-refractivity contribution in [3.63, 3.8) is 0 Å². The Balaban J connectivity index is 2.07. The number of hydroxylamine groups is 2. The number of carbonyl (C=O) groups is 2. The van der Waals surface area contributed by atoms with E-state index in [1.165, 1.54) is 30.0 Å². The summed E-state index contributed by atoms with van der Waals surface area (Å²) in [6.07, 6.45) is -1.02. The Labute approximate surface area is 146 Å². The van der Waals surface area contributed by atoms with E-state index in [2.05, 4.69) is 15.9 Å². The maximum atomic E-state index is 14.0. The van der Waals surface area contributed by atoms with E-state index in [4.69, 9.17) is 0 Å². The highest BCUT2D eigenvalue weighted by Crippen LogP contribution is 2.35. The molecule has 1 aliphatic heterocycles. The van der Waals surface area contributed by atoms with Crippen molar-refractivity contribution in [1.29, 1.82) is 0 Å². The third-order valence-corrected chi connectivity index (χ3v) is 4.47. The smallest absolute Gasteiger partial charge is 0.270 e. The third kappa shape index (κ3) is 2.70. The SMILES string of the molecule is C[C@H]1C(=O)N(O)C(c2cccc(Br)c2)N1C(=O)c1ccccc1F. The molecule has 2 aromatic rings. The summed E-state index contributed by atoms with van der Waals surface area (Å²) in [4.78, 5) is 26.2. The van der Waals surface area contributed by atoms with Gasteiger partial charge in [0.2, 0.25) is 0 Å². The fourth-order valence-electron chi connectivity index (χ4n) is 2.79. The Morgan fingerprint density at radius 2 is 1.92 bits per heavy atom. The highest BCUT2D eigenvalue weighted by Gasteiger charge is 2.47. The fourth-order valence-corrected chi connectivity index (χ4v) is 3.21. The van der Waals surface area contributed by atoms with Crippen molar-refractivity contribution < 1.29 is 19.2 Å². The predicted octanol–water partition coefficient (Wildman–Crippen LogP) is 3.35. The maximum Gasteiger partial charge on any atom is 0.270 e. The maximum absolute atomic E-state index is 14.0. The van der Waals surface area contributed by atoms with E-state index in [-0.39, 0.29) is 5.56 Å². The van der Waals surface area contributed by atoms with Crippen LogP contribution >= 0.6 is 15.9 Å². The van der Waals surface area contributed by atoms with E-state index in [0.717, 1.165) is 4.47 Å². The highest BCUT2D eigenvalue weighted by molar-refractivity contribution is 9.10. The van der Waals surface area contributed by atoms with Crippen LogP contribution in [-0.2, 0) is 4.79 Å². The van der Waals surface area contributed by atoms with Gasteiger partial charge in [-0.2, -0.15) is 5.06 Å². The highest BCUT2D eigenvalue weighted by atomic mass is 79.9. The molecule has 1 N–H and O–H groups in total. The number of hydrogen-bond donors (Lipinski definition) is 1. The van der Waals surface area contributed by atoms with Gasteiger partial charge >= 0.3 is 0 Å². The first kappa shape index (κ1) is 16.6. The van der Waals surface area contributed by atoms with Gasteiger partial charge < -0.3 is 0 Å². The third-order valence-electron chi connectivity index (χ3n) is 3.98. The first-order valence-corrected chi connectivity index (χ1v) is 8.05. The van der Waals surface area contributed by atoms with Gasteiger partial charge in [0.15, 0.2) is 6.17 Å². The number of amides is 2. The molecule has 1 fully saturated rings. The molecule has 2 atom stereocenters. The van der Waals surface area contributed by atoms with E-state index in [9.17, 15) is 19.2 Å². The van der Waals surface area contributed by atoms with Crippen LogP contribution in [0.2, 0.25) is 0 Å². The molecule has 0 bridgehead atoms. The van der Waals surface area contributed by atoms with E-state index in [1.807, 2.05) is 0 Å². The Bertz CT molecular complexity index is 814. The quantitative estimate of drug-likeness (QED) is 0.797. The molecule has 24 heavy (non-hydrogen) atoms. The van der Waals surface area contributed by atoms with Crippen molar-refractivity contribution >= 4 is 27.7 Å². The van der Waals surface area contributed by atoms with Crippen molar-refractivity contribution in [2.24, 2.45) is 0 Å². The molecule has 0 radical (unpaired) electrons. The largest absolute Gasteiger partial charge is 0.300 e. The number of nitrogens with zero attached hydrogens (tertiary/aromatic N) is 2. The summed E-state index contributed by atoms with van der Waals surface area (Å²) in [7, 11) is 0. The number of rotatable bonds is 2. The van der Waals surface area contributed by atoms with Gasteiger partial charge in [0.1, 0.15) is 11.9 Å². The molecule has 5 nitrogen and oxygen atoms in total. The molecular formula is C17H14BrFN2O3. The number of carbonyl (C=O) groups excluding carboxylic acids is 2. The lowest BCUT2D eigenvalue weighted by Crippen LogP contribution is -2.38. The number of halogens is 2. The zero-order valence-corrected chi connectivity index (χ0v) is 14.3. The Morgan fingerprint density at radius 3 is 2.58 bits per heavy atom. The van der Waals surface area contributed by atoms with Crippen LogP contribution in [0, 0.1) is 5.82 Å². The lowest BCUT2D eigenvalue weighted by atomic mass is 10.1. The van der Waals surface area contributed by atoms with E-state index in [1.54, 1.807) is 30.3 Å². The Morgan fingerprint density at radius 1 is 1.21 bits per heavy atom. The summed E-state index contributed by atoms with van der Waals surface area (Å²) in [5, 5.41) is 10.7. The van der Waals surface area contributed by atoms with Crippen LogP contribution in [-0.4, -0.2) is 33.0 Å². The second-order valence-corrected chi connectivity index (χ2v) is 6.40.